The van der Waals surface area contributed by atoms with Crippen LogP contribution in [0.4, 0.5) is 0 Å². The summed E-state index contributed by atoms with van der Waals surface area (Å²) >= 11 is 0. The van der Waals surface area contributed by atoms with Crippen LogP contribution in [0.3, 0.4) is 0 Å². The first-order chi connectivity index (χ1) is 13.1. The third kappa shape index (κ3) is 3.53. The number of allylic oxidation sites excluding steroid dienone is 4. The summed E-state index contributed by atoms with van der Waals surface area (Å²) in [5, 5.41) is 9.16. The molecule has 27 heavy (non-hydrogen) atoms. The van der Waals surface area contributed by atoms with E-state index in [0.29, 0.717) is 0 Å². The third-order valence-corrected chi connectivity index (χ3v) is 4.52. The molecule has 0 atom stereocenters. The Kier molecular flexibility index (Phi) is 5.23. The first-order valence-corrected chi connectivity index (χ1v) is 8.64. The van der Waals surface area contributed by atoms with Crippen molar-refractivity contribution < 1.29 is 9.90 Å². The van der Waals surface area contributed by atoms with Gasteiger partial charge >= 0.3 is 5.97 Å². The molecule has 3 nitrogen and oxygen atoms in total. The zero-order chi connectivity index (χ0) is 19.4. The lowest BCUT2D eigenvalue weighted by atomic mass is 10.1. The number of rotatable bonds is 6. The van der Waals surface area contributed by atoms with E-state index in [4.69, 9.17) is 5.11 Å². The quantitative estimate of drug-likeness (QED) is 0.559. The van der Waals surface area contributed by atoms with Crippen LogP contribution in [-0.2, 0) is 0 Å². The Balaban J connectivity index is 2.25. The summed E-state index contributed by atoms with van der Waals surface area (Å²) in [5.74, 6) is -0.936. The normalized spacial score (nSPS) is 11.2. The number of aromatic carboxylic acids is 1. The molecule has 1 N–H and O–H groups in total. The van der Waals surface area contributed by atoms with Crippen molar-refractivity contribution in [3.8, 4) is 16.8 Å². The fourth-order valence-corrected chi connectivity index (χ4v) is 3.20. The van der Waals surface area contributed by atoms with Gasteiger partial charge in [-0.15, -0.1) is 0 Å². The van der Waals surface area contributed by atoms with Crippen LogP contribution in [0.25, 0.3) is 22.4 Å². The highest BCUT2D eigenvalue weighted by Gasteiger charge is 2.16. The molecule has 3 rings (SSSR count). The number of benzene rings is 2. The van der Waals surface area contributed by atoms with Gasteiger partial charge in [-0.2, -0.15) is 0 Å². The zero-order valence-electron chi connectivity index (χ0n) is 15.2. The standard InChI is InChI=1S/C24H21NO2/c1-4-9-18(5-2)23-16-22(19-10-7-6-8-11-19)17(3)25(23)21-14-12-20(13-15-21)24(26)27/h4-16H,1-2H2,3H3,(H,26,27)/b18-9+. The molecule has 0 aliphatic heterocycles. The molecule has 3 heteroatoms. The maximum Gasteiger partial charge on any atom is 0.335 e. The Bertz CT molecular complexity index is 1020. The van der Waals surface area contributed by atoms with E-state index in [2.05, 4.69) is 42.8 Å². The summed E-state index contributed by atoms with van der Waals surface area (Å²) in [5.41, 5.74) is 6.38. The van der Waals surface area contributed by atoms with Crippen molar-refractivity contribution >= 4 is 11.5 Å². The van der Waals surface area contributed by atoms with Crippen molar-refractivity contribution in [2.75, 3.05) is 0 Å². The fourth-order valence-electron chi connectivity index (χ4n) is 3.20. The molecule has 0 unspecified atom stereocenters. The summed E-state index contributed by atoms with van der Waals surface area (Å²) in [7, 11) is 0. The summed E-state index contributed by atoms with van der Waals surface area (Å²) in [6.45, 7) is 9.79. The van der Waals surface area contributed by atoms with E-state index in [1.807, 2.05) is 36.4 Å². The van der Waals surface area contributed by atoms with Gasteiger partial charge in [0.25, 0.3) is 0 Å². The van der Waals surface area contributed by atoms with Crippen molar-refractivity contribution in [1.29, 1.82) is 0 Å². The average molecular weight is 355 g/mol. The summed E-state index contributed by atoms with van der Waals surface area (Å²) < 4.78 is 2.12. The predicted molar refractivity (Wildman–Crippen MR) is 111 cm³/mol. The van der Waals surface area contributed by atoms with Gasteiger partial charge in [-0.25, -0.2) is 4.79 Å². The molecule has 1 heterocycles. The van der Waals surface area contributed by atoms with Crippen LogP contribution in [0.2, 0.25) is 0 Å². The van der Waals surface area contributed by atoms with Gasteiger partial charge in [0.05, 0.1) is 11.3 Å². The smallest absolute Gasteiger partial charge is 0.335 e. The zero-order valence-corrected chi connectivity index (χ0v) is 15.2. The molecule has 0 aliphatic rings. The number of aromatic nitrogens is 1. The molecule has 0 aliphatic carbocycles. The minimum absolute atomic E-state index is 0.263. The van der Waals surface area contributed by atoms with Crippen LogP contribution in [0.1, 0.15) is 21.7 Å². The second-order valence-electron chi connectivity index (χ2n) is 6.14. The van der Waals surface area contributed by atoms with Gasteiger partial charge in [0.1, 0.15) is 0 Å². The van der Waals surface area contributed by atoms with Gasteiger partial charge in [-0.05, 0) is 48.4 Å². The van der Waals surface area contributed by atoms with Crippen LogP contribution in [0.15, 0.2) is 92.0 Å². The first-order valence-electron chi connectivity index (χ1n) is 8.64. The predicted octanol–water partition coefficient (Wildman–Crippen LogP) is 5.91. The van der Waals surface area contributed by atoms with E-state index in [0.717, 1.165) is 33.8 Å². The van der Waals surface area contributed by atoms with Crippen LogP contribution in [0, 0.1) is 6.92 Å². The van der Waals surface area contributed by atoms with Crippen molar-refractivity contribution in [3.63, 3.8) is 0 Å². The molecule has 1 aromatic heterocycles. The van der Waals surface area contributed by atoms with Crippen molar-refractivity contribution in [1.82, 2.24) is 4.57 Å². The fraction of sp³-hybridized carbons (Fsp3) is 0.0417. The molecule has 0 radical (unpaired) electrons. The van der Waals surface area contributed by atoms with E-state index < -0.39 is 5.97 Å². The highest BCUT2D eigenvalue weighted by molar-refractivity contribution is 5.88. The maximum atomic E-state index is 11.2. The van der Waals surface area contributed by atoms with Gasteiger partial charge < -0.3 is 9.67 Å². The molecule has 3 aromatic rings. The molecule has 134 valence electrons. The number of carbonyl (C=O) groups is 1. The SMILES string of the molecule is C=C/C=C(\C=C)c1cc(-c2ccccc2)c(C)n1-c1ccc(C(=O)O)cc1. The molecule has 0 spiro atoms. The van der Waals surface area contributed by atoms with Crippen molar-refractivity contribution in [2.45, 2.75) is 6.92 Å². The Morgan fingerprint density at radius 3 is 2.26 bits per heavy atom. The van der Waals surface area contributed by atoms with Crippen molar-refractivity contribution in [2.24, 2.45) is 0 Å². The summed E-state index contributed by atoms with van der Waals surface area (Å²) in [4.78, 5) is 11.2. The molecular weight excluding hydrogens is 334 g/mol. The van der Waals surface area contributed by atoms with Crippen LogP contribution < -0.4 is 0 Å². The highest BCUT2D eigenvalue weighted by Crippen LogP contribution is 2.33. The molecule has 0 fully saturated rings. The topological polar surface area (TPSA) is 42.2 Å². The monoisotopic (exact) mass is 355 g/mol. The Morgan fingerprint density at radius 2 is 1.70 bits per heavy atom. The van der Waals surface area contributed by atoms with Crippen LogP contribution >= 0.6 is 0 Å². The van der Waals surface area contributed by atoms with E-state index in [9.17, 15) is 4.79 Å². The Hall–Kier alpha value is -3.59. The Labute approximate surface area is 159 Å². The third-order valence-electron chi connectivity index (χ3n) is 4.52. The van der Waals surface area contributed by atoms with Crippen molar-refractivity contribution in [3.05, 3.63) is 109 Å². The molecule has 2 aromatic carbocycles. The lowest BCUT2D eigenvalue weighted by Crippen LogP contribution is -2.03. The van der Waals surface area contributed by atoms with Gasteiger partial charge in [0, 0.05) is 16.9 Å². The number of carboxylic acids is 1. The van der Waals surface area contributed by atoms with Gasteiger partial charge in [0.2, 0.25) is 0 Å². The van der Waals surface area contributed by atoms with Gasteiger partial charge in [-0.1, -0.05) is 61.7 Å². The molecule has 0 saturated heterocycles. The van der Waals surface area contributed by atoms with E-state index >= 15 is 0 Å². The number of hydrogen-bond donors (Lipinski definition) is 1. The first kappa shape index (κ1) is 18.2. The second kappa shape index (κ2) is 7.75. The number of carboxylic acid groups (broad SMARTS) is 1. The average Bonchev–Trinajstić information content (AvgIpc) is 3.03. The van der Waals surface area contributed by atoms with E-state index in [1.165, 1.54) is 0 Å². The van der Waals surface area contributed by atoms with E-state index in [1.54, 1.807) is 24.3 Å². The summed E-state index contributed by atoms with van der Waals surface area (Å²) in [6.07, 6.45) is 5.45. The lowest BCUT2D eigenvalue weighted by Gasteiger charge is -2.13. The number of nitrogens with zero attached hydrogens (tertiary/aromatic N) is 1. The van der Waals surface area contributed by atoms with Crippen LogP contribution in [0.5, 0.6) is 0 Å². The maximum absolute atomic E-state index is 11.2. The highest BCUT2D eigenvalue weighted by atomic mass is 16.4. The number of hydrogen-bond acceptors (Lipinski definition) is 1. The minimum atomic E-state index is -0.936. The largest absolute Gasteiger partial charge is 0.478 e. The molecule has 0 bridgehead atoms. The Morgan fingerprint density at radius 1 is 1.04 bits per heavy atom. The molecular formula is C24H21NO2. The van der Waals surface area contributed by atoms with Gasteiger partial charge in [0.15, 0.2) is 0 Å². The molecule has 0 saturated carbocycles. The molecule has 0 amide bonds. The van der Waals surface area contributed by atoms with Crippen LogP contribution in [-0.4, -0.2) is 15.6 Å². The van der Waals surface area contributed by atoms with Gasteiger partial charge in [-0.3, -0.25) is 0 Å². The minimum Gasteiger partial charge on any atom is -0.478 e. The lowest BCUT2D eigenvalue weighted by molar-refractivity contribution is 0.0697. The van der Waals surface area contributed by atoms with E-state index in [-0.39, 0.29) is 5.56 Å². The summed E-state index contributed by atoms with van der Waals surface area (Å²) in [6, 6.07) is 19.2. The second-order valence-corrected chi connectivity index (χ2v) is 6.14.